The molecule has 0 aliphatic rings. The molecule has 2 aromatic carbocycles. The van der Waals surface area contributed by atoms with Gasteiger partial charge in [-0.05, 0) is 44.0 Å². The van der Waals surface area contributed by atoms with E-state index in [2.05, 4.69) is 15.3 Å². The monoisotopic (exact) mass is 444 g/mol. The molecule has 8 nitrogen and oxygen atoms in total. The van der Waals surface area contributed by atoms with Crippen LogP contribution in [0.3, 0.4) is 0 Å². The molecule has 0 aliphatic carbocycles. The van der Waals surface area contributed by atoms with Gasteiger partial charge in [0.1, 0.15) is 18.0 Å². The van der Waals surface area contributed by atoms with Crippen molar-refractivity contribution in [2.45, 2.75) is 45.9 Å². The SMILES string of the molecule is CCC(Nc1ncnc([C@@H](C)N)c1CO)c1nc2cccc(C)c2c(=O)n1-c1ccccc1. The maximum atomic E-state index is 13.7. The highest BCUT2D eigenvalue weighted by atomic mass is 16.3. The van der Waals surface area contributed by atoms with Crippen molar-refractivity contribution in [1.29, 1.82) is 0 Å². The van der Waals surface area contributed by atoms with Crippen molar-refractivity contribution in [3.63, 3.8) is 0 Å². The van der Waals surface area contributed by atoms with Crippen LogP contribution in [0.25, 0.3) is 16.6 Å². The van der Waals surface area contributed by atoms with Gasteiger partial charge >= 0.3 is 0 Å². The lowest BCUT2D eigenvalue weighted by molar-refractivity contribution is 0.279. The van der Waals surface area contributed by atoms with Crippen LogP contribution in [0.1, 0.15) is 55.0 Å². The zero-order valence-corrected chi connectivity index (χ0v) is 19.0. The fraction of sp³-hybridized carbons (Fsp3) is 0.280. The predicted octanol–water partition coefficient (Wildman–Crippen LogP) is 3.56. The summed E-state index contributed by atoms with van der Waals surface area (Å²) in [5, 5.41) is 14.0. The molecule has 4 rings (SSSR count). The molecule has 33 heavy (non-hydrogen) atoms. The molecule has 2 aromatic heterocycles. The molecule has 8 heteroatoms. The standard InChI is InChI=1S/C25H28N6O2/c1-4-19(29-23-18(13-32)22(16(3)26)27-14-28-23)24-30-20-12-8-9-15(2)21(20)25(33)31(24)17-10-6-5-7-11-17/h5-12,14,16,19,32H,4,13,26H2,1-3H3,(H,27,28,29)/t16-,19?/m1/s1. The first kappa shape index (κ1) is 22.6. The number of nitrogens with one attached hydrogen (secondary N) is 1. The van der Waals surface area contributed by atoms with Crippen molar-refractivity contribution in [3.05, 3.63) is 87.9 Å². The Bertz CT molecular complexity index is 1330. The van der Waals surface area contributed by atoms with Gasteiger partial charge in [0.05, 0.1) is 34.9 Å². The second-order valence-corrected chi connectivity index (χ2v) is 8.05. The topological polar surface area (TPSA) is 119 Å². The number of benzene rings is 2. The van der Waals surface area contributed by atoms with Crippen molar-refractivity contribution in [2.24, 2.45) is 5.73 Å². The highest BCUT2D eigenvalue weighted by Gasteiger charge is 2.23. The summed E-state index contributed by atoms with van der Waals surface area (Å²) in [6.45, 7) is 5.47. The van der Waals surface area contributed by atoms with Crippen LogP contribution < -0.4 is 16.6 Å². The third kappa shape index (κ3) is 4.22. The number of fused-ring (bicyclic) bond motifs is 1. The number of aromatic nitrogens is 4. The molecule has 2 heterocycles. The van der Waals surface area contributed by atoms with Crippen LogP contribution in [0.15, 0.2) is 59.7 Å². The fourth-order valence-corrected chi connectivity index (χ4v) is 4.09. The number of nitrogens with zero attached hydrogens (tertiary/aromatic N) is 4. The molecule has 0 saturated heterocycles. The largest absolute Gasteiger partial charge is 0.391 e. The van der Waals surface area contributed by atoms with Crippen molar-refractivity contribution in [3.8, 4) is 5.69 Å². The Morgan fingerprint density at radius 1 is 1.12 bits per heavy atom. The van der Waals surface area contributed by atoms with Crippen molar-refractivity contribution in [1.82, 2.24) is 19.5 Å². The molecule has 0 fully saturated rings. The molecule has 4 N–H and O–H groups in total. The predicted molar refractivity (Wildman–Crippen MR) is 129 cm³/mol. The highest BCUT2D eigenvalue weighted by molar-refractivity contribution is 5.81. The molecule has 0 bridgehead atoms. The maximum absolute atomic E-state index is 13.7. The second kappa shape index (κ2) is 9.48. The maximum Gasteiger partial charge on any atom is 0.266 e. The van der Waals surface area contributed by atoms with Crippen LogP contribution in [0.4, 0.5) is 5.82 Å². The lowest BCUT2D eigenvalue weighted by Gasteiger charge is -2.24. The number of nitrogens with two attached hydrogens (primary N) is 1. The molecule has 170 valence electrons. The van der Waals surface area contributed by atoms with Crippen LogP contribution >= 0.6 is 0 Å². The third-order valence-corrected chi connectivity index (χ3v) is 5.75. The Labute approximate surface area is 192 Å². The highest BCUT2D eigenvalue weighted by Crippen LogP contribution is 2.27. The van der Waals surface area contributed by atoms with Gasteiger partial charge in [-0.15, -0.1) is 0 Å². The summed E-state index contributed by atoms with van der Waals surface area (Å²) in [4.78, 5) is 27.2. The quantitative estimate of drug-likeness (QED) is 0.399. The summed E-state index contributed by atoms with van der Waals surface area (Å²) in [5.74, 6) is 1.04. The average molecular weight is 445 g/mol. The van der Waals surface area contributed by atoms with Gasteiger partial charge in [0.15, 0.2) is 0 Å². The van der Waals surface area contributed by atoms with E-state index in [1.807, 2.05) is 69.3 Å². The summed E-state index contributed by atoms with van der Waals surface area (Å²) in [5.41, 5.74) is 9.29. The first-order chi connectivity index (χ1) is 16.0. The summed E-state index contributed by atoms with van der Waals surface area (Å²) in [6, 6.07) is 14.4. The van der Waals surface area contributed by atoms with Gasteiger partial charge in [-0.25, -0.2) is 15.0 Å². The van der Waals surface area contributed by atoms with Crippen molar-refractivity contribution >= 4 is 16.7 Å². The summed E-state index contributed by atoms with van der Waals surface area (Å²) in [6.07, 6.45) is 2.05. The molecular formula is C25H28N6O2. The van der Waals surface area contributed by atoms with E-state index in [4.69, 9.17) is 10.7 Å². The fourth-order valence-electron chi connectivity index (χ4n) is 4.09. The number of hydrogen-bond donors (Lipinski definition) is 3. The van der Waals surface area contributed by atoms with Crippen LogP contribution in [0.2, 0.25) is 0 Å². The molecule has 0 amide bonds. The van der Waals surface area contributed by atoms with Crippen LogP contribution in [0.5, 0.6) is 0 Å². The molecule has 4 aromatic rings. The van der Waals surface area contributed by atoms with Crippen molar-refractivity contribution < 1.29 is 5.11 Å². The first-order valence-electron chi connectivity index (χ1n) is 11.0. The molecule has 1 unspecified atom stereocenters. The number of aryl methyl sites for hydroxylation is 1. The molecular weight excluding hydrogens is 416 g/mol. The number of anilines is 1. The molecule has 0 spiro atoms. The molecule has 2 atom stereocenters. The van der Waals surface area contributed by atoms with E-state index in [0.717, 1.165) is 11.3 Å². The zero-order chi connectivity index (χ0) is 23.5. The van der Waals surface area contributed by atoms with E-state index in [-0.39, 0.29) is 24.2 Å². The average Bonchev–Trinajstić information content (AvgIpc) is 2.82. The van der Waals surface area contributed by atoms with Crippen LogP contribution in [-0.4, -0.2) is 24.6 Å². The van der Waals surface area contributed by atoms with Crippen LogP contribution in [-0.2, 0) is 6.61 Å². The van der Waals surface area contributed by atoms with E-state index in [1.165, 1.54) is 6.33 Å². The Hall–Kier alpha value is -3.62. The van der Waals surface area contributed by atoms with Crippen LogP contribution in [0, 0.1) is 6.92 Å². The van der Waals surface area contributed by atoms with Gasteiger partial charge < -0.3 is 16.2 Å². The van der Waals surface area contributed by atoms with E-state index in [0.29, 0.717) is 40.2 Å². The summed E-state index contributed by atoms with van der Waals surface area (Å²) >= 11 is 0. The second-order valence-electron chi connectivity index (χ2n) is 8.05. The van der Waals surface area contributed by atoms with Gasteiger partial charge in [-0.1, -0.05) is 37.3 Å². The zero-order valence-electron chi connectivity index (χ0n) is 19.0. The number of aliphatic hydroxyl groups excluding tert-OH is 1. The lowest BCUT2D eigenvalue weighted by Crippen LogP contribution is -2.29. The van der Waals surface area contributed by atoms with E-state index in [9.17, 15) is 9.90 Å². The summed E-state index contributed by atoms with van der Waals surface area (Å²) in [7, 11) is 0. The minimum absolute atomic E-state index is 0.124. The Kier molecular flexibility index (Phi) is 6.48. The minimum atomic E-state index is -0.361. The lowest BCUT2D eigenvalue weighted by atomic mass is 10.1. The number of rotatable bonds is 7. The van der Waals surface area contributed by atoms with E-state index in [1.54, 1.807) is 4.57 Å². The number of para-hydroxylation sites is 1. The third-order valence-electron chi connectivity index (χ3n) is 5.75. The molecule has 0 saturated carbocycles. The number of hydrogen-bond acceptors (Lipinski definition) is 7. The van der Waals surface area contributed by atoms with Crippen molar-refractivity contribution in [2.75, 3.05) is 5.32 Å². The summed E-state index contributed by atoms with van der Waals surface area (Å²) < 4.78 is 1.66. The smallest absolute Gasteiger partial charge is 0.266 e. The molecule has 0 aliphatic heterocycles. The number of aliphatic hydroxyl groups is 1. The first-order valence-corrected chi connectivity index (χ1v) is 11.0. The van der Waals surface area contributed by atoms with Gasteiger partial charge in [-0.3, -0.25) is 9.36 Å². The normalized spacial score (nSPS) is 13.1. The Morgan fingerprint density at radius 3 is 2.55 bits per heavy atom. The van der Waals surface area contributed by atoms with Gasteiger partial charge in [0, 0.05) is 11.6 Å². The van der Waals surface area contributed by atoms with Gasteiger partial charge in [-0.2, -0.15) is 0 Å². The Morgan fingerprint density at radius 2 is 1.88 bits per heavy atom. The molecule has 0 radical (unpaired) electrons. The van der Waals surface area contributed by atoms with E-state index >= 15 is 0 Å². The van der Waals surface area contributed by atoms with Gasteiger partial charge in [0.2, 0.25) is 0 Å². The Balaban J connectivity index is 1.93. The van der Waals surface area contributed by atoms with Gasteiger partial charge in [0.25, 0.3) is 5.56 Å². The minimum Gasteiger partial charge on any atom is -0.391 e. The van der Waals surface area contributed by atoms with E-state index < -0.39 is 0 Å².